The van der Waals surface area contributed by atoms with E-state index < -0.39 is 0 Å². The van der Waals surface area contributed by atoms with Crippen molar-refractivity contribution >= 4 is 18.1 Å². The average molecular weight is 253 g/mol. The number of nitrogens with two attached hydrogens (primary N) is 2. The molecule has 98 valence electrons. The van der Waals surface area contributed by atoms with Gasteiger partial charge >= 0.3 is 0 Å². The number of carbonyl (C=O) groups is 1. The van der Waals surface area contributed by atoms with Crippen molar-refractivity contribution in [2.45, 2.75) is 25.2 Å². The Kier molecular flexibility index (Phi) is 3.58. The van der Waals surface area contributed by atoms with E-state index >= 15 is 0 Å². The van der Waals surface area contributed by atoms with Crippen molar-refractivity contribution in [3.63, 3.8) is 0 Å². The average Bonchev–Trinajstić information content (AvgIpc) is 2.94. The molecule has 5 N–H and O–H groups in total. The first-order chi connectivity index (χ1) is 8.65. The highest BCUT2D eigenvalue weighted by Crippen LogP contribution is 2.32. The van der Waals surface area contributed by atoms with Crippen LogP contribution in [-0.2, 0) is 4.74 Å². The number of aromatic nitrogens is 2. The van der Waals surface area contributed by atoms with Crippen LogP contribution in [0.2, 0.25) is 0 Å². The molecule has 1 unspecified atom stereocenters. The van der Waals surface area contributed by atoms with Gasteiger partial charge < -0.3 is 21.3 Å². The Morgan fingerprint density at radius 2 is 2.44 bits per heavy atom. The lowest BCUT2D eigenvalue weighted by Gasteiger charge is -2.14. The quantitative estimate of drug-likeness (QED) is 0.368. The maximum Gasteiger partial charge on any atom is 0.192 e. The number of aliphatic imine (C=N–C) groups is 1. The second kappa shape index (κ2) is 5.15. The molecule has 2 rings (SSSR count). The van der Waals surface area contributed by atoms with Crippen LogP contribution in [0.4, 0.5) is 5.82 Å². The summed E-state index contributed by atoms with van der Waals surface area (Å²) in [5.74, 6) is 0.116. The van der Waals surface area contributed by atoms with Gasteiger partial charge in [0.1, 0.15) is 11.9 Å². The molecule has 0 spiro atoms. The first-order valence-corrected chi connectivity index (χ1v) is 5.53. The molecule has 18 heavy (non-hydrogen) atoms. The van der Waals surface area contributed by atoms with Gasteiger partial charge in [-0.25, -0.2) is 4.98 Å². The number of aliphatic hydroxyl groups is 1. The highest BCUT2D eigenvalue weighted by Gasteiger charge is 2.28. The summed E-state index contributed by atoms with van der Waals surface area (Å²) in [6.07, 6.45) is 2.95. The molecule has 1 aliphatic rings. The first kappa shape index (κ1) is 12.5. The number of nitrogens with zero attached hydrogens (tertiary/aromatic N) is 3. The Morgan fingerprint density at radius 1 is 1.67 bits per heavy atom. The molecule has 2 heterocycles. The number of guanidine groups is 1. The molecule has 1 fully saturated rings. The number of aldehydes is 1. The lowest BCUT2D eigenvalue weighted by atomic mass is 10.2. The van der Waals surface area contributed by atoms with Crippen LogP contribution in [-0.4, -0.2) is 39.6 Å². The Morgan fingerprint density at radius 3 is 3.00 bits per heavy atom. The minimum atomic E-state index is -0.318. The summed E-state index contributed by atoms with van der Waals surface area (Å²) in [6.45, 7) is -0.0383. The van der Waals surface area contributed by atoms with Crippen molar-refractivity contribution in [2.24, 2.45) is 16.5 Å². The van der Waals surface area contributed by atoms with Crippen LogP contribution in [0.25, 0.3) is 0 Å². The van der Waals surface area contributed by atoms with E-state index in [0.29, 0.717) is 12.7 Å². The SMILES string of the molecule is NC(N)=Nc1c(C=O)ncn1[C@H]1CCC(CO)O1. The summed E-state index contributed by atoms with van der Waals surface area (Å²) < 4.78 is 7.18. The van der Waals surface area contributed by atoms with Gasteiger partial charge in [-0.3, -0.25) is 9.36 Å². The largest absolute Gasteiger partial charge is 0.394 e. The van der Waals surface area contributed by atoms with E-state index in [9.17, 15) is 4.79 Å². The van der Waals surface area contributed by atoms with Gasteiger partial charge in [-0.05, 0) is 12.8 Å². The number of rotatable bonds is 4. The molecule has 8 heteroatoms. The number of ether oxygens (including phenoxy) is 1. The topological polar surface area (TPSA) is 129 Å². The van der Waals surface area contributed by atoms with Gasteiger partial charge in [-0.2, -0.15) is 4.99 Å². The molecule has 1 aromatic rings. The first-order valence-electron chi connectivity index (χ1n) is 5.53. The third-order valence-electron chi connectivity index (χ3n) is 2.74. The molecule has 0 aromatic carbocycles. The van der Waals surface area contributed by atoms with Gasteiger partial charge in [-0.15, -0.1) is 0 Å². The third kappa shape index (κ3) is 2.34. The highest BCUT2D eigenvalue weighted by atomic mass is 16.5. The fourth-order valence-corrected chi connectivity index (χ4v) is 1.93. The van der Waals surface area contributed by atoms with E-state index in [1.54, 1.807) is 4.57 Å². The Balaban J connectivity index is 2.31. The van der Waals surface area contributed by atoms with Gasteiger partial charge in [0.15, 0.2) is 18.1 Å². The van der Waals surface area contributed by atoms with Crippen LogP contribution in [0.15, 0.2) is 11.3 Å². The van der Waals surface area contributed by atoms with Crippen molar-refractivity contribution in [3.8, 4) is 0 Å². The van der Waals surface area contributed by atoms with Crippen molar-refractivity contribution in [3.05, 3.63) is 12.0 Å². The second-order valence-electron chi connectivity index (χ2n) is 3.99. The number of imidazole rings is 1. The Bertz CT molecular complexity index is 466. The lowest BCUT2D eigenvalue weighted by Crippen LogP contribution is -2.22. The monoisotopic (exact) mass is 253 g/mol. The number of hydrogen-bond acceptors (Lipinski definition) is 5. The van der Waals surface area contributed by atoms with Gasteiger partial charge in [0.05, 0.1) is 19.0 Å². The third-order valence-corrected chi connectivity index (χ3v) is 2.74. The fraction of sp³-hybridized carbons (Fsp3) is 0.500. The zero-order valence-corrected chi connectivity index (χ0v) is 9.69. The van der Waals surface area contributed by atoms with Crippen molar-refractivity contribution in [1.29, 1.82) is 0 Å². The zero-order valence-electron chi connectivity index (χ0n) is 9.69. The van der Waals surface area contributed by atoms with E-state index in [1.165, 1.54) is 6.33 Å². The molecular formula is C10H15N5O3. The number of hydrogen-bond donors (Lipinski definition) is 3. The number of carbonyl (C=O) groups excluding carboxylic acids is 1. The zero-order chi connectivity index (χ0) is 13.1. The standard InChI is InChI=1S/C10H15N5O3/c11-10(12)14-9-7(4-17)13-5-15(9)8-2-1-6(3-16)18-8/h4-6,8,16H,1-3H2,(H4,11,12,14)/t6?,8-/m1/s1. The normalized spacial score (nSPS) is 22.9. The maximum atomic E-state index is 10.8. The highest BCUT2D eigenvalue weighted by molar-refractivity contribution is 5.84. The van der Waals surface area contributed by atoms with Crippen LogP contribution in [0.3, 0.4) is 0 Å². The summed E-state index contributed by atoms with van der Waals surface area (Å²) in [7, 11) is 0. The van der Waals surface area contributed by atoms with Crippen LogP contribution in [0.5, 0.6) is 0 Å². The molecule has 0 bridgehead atoms. The fourth-order valence-electron chi connectivity index (χ4n) is 1.93. The minimum Gasteiger partial charge on any atom is -0.394 e. The predicted octanol–water partition coefficient (Wildman–Crippen LogP) is -0.730. The van der Waals surface area contributed by atoms with E-state index in [-0.39, 0.29) is 36.4 Å². The van der Waals surface area contributed by atoms with E-state index in [2.05, 4.69) is 9.98 Å². The molecule has 8 nitrogen and oxygen atoms in total. The molecule has 0 radical (unpaired) electrons. The molecule has 1 aromatic heterocycles. The Labute approximate surface area is 103 Å². The summed E-state index contributed by atoms with van der Waals surface area (Å²) in [4.78, 5) is 18.7. The van der Waals surface area contributed by atoms with Crippen molar-refractivity contribution < 1.29 is 14.6 Å². The summed E-state index contributed by atoms with van der Waals surface area (Å²) in [5, 5.41) is 9.02. The van der Waals surface area contributed by atoms with Gasteiger partial charge in [-0.1, -0.05) is 0 Å². The van der Waals surface area contributed by atoms with E-state index in [1.807, 2.05) is 0 Å². The molecule has 1 aliphatic heterocycles. The van der Waals surface area contributed by atoms with E-state index in [4.69, 9.17) is 21.3 Å². The molecular weight excluding hydrogens is 238 g/mol. The molecule has 2 atom stereocenters. The predicted molar refractivity (Wildman–Crippen MR) is 63.3 cm³/mol. The van der Waals surface area contributed by atoms with Crippen LogP contribution < -0.4 is 11.5 Å². The summed E-state index contributed by atoms with van der Waals surface area (Å²) >= 11 is 0. The van der Waals surface area contributed by atoms with Crippen LogP contribution in [0, 0.1) is 0 Å². The van der Waals surface area contributed by atoms with Crippen molar-refractivity contribution in [2.75, 3.05) is 6.61 Å². The smallest absolute Gasteiger partial charge is 0.192 e. The summed E-state index contributed by atoms with van der Waals surface area (Å²) in [5.41, 5.74) is 10.8. The molecule has 1 saturated heterocycles. The minimum absolute atomic E-state index is 0.0383. The van der Waals surface area contributed by atoms with Gasteiger partial charge in [0.25, 0.3) is 0 Å². The van der Waals surface area contributed by atoms with Crippen molar-refractivity contribution in [1.82, 2.24) is 9.55 Å². The Hall–Kier alpha value is -1.93. The van der Waals surface area contributed by atoms with Crippen LogP contribution in [0.1, 0.15) is 29.6 Å². The molecule has 0 saturated carbocycles. The molecule has 0 aliphatic carbocycles. The molecule has 0 amide bonds. The second-order valence-corrected chi connectivity index (χ2v) is 3.99. The maximum absolute atomic E-state index is 10.8. The number of aliphatic hydroxyl groups excluding tert-OH is 1. The van der Waals surface area contributed by atoms with E-state index in [0.717, 1.165) is 6.42 Å². The van der Waals surface area contributed by atoms with Gasteiger partial charge in [0.2, 0.25) is 0 Å². The van der Waals surface area contributed by atoms with Crippen LogP contribution >= 0.6 is 0 Å². The summed E-state index contributed by atoms with van der Waals surface area (Å²) in [6, 6.07) is 0. The lowest BCUT2D eigenvalue weighted by molar-refractivity contribution is -0.0215. The van der Waals surface area contributed by atoms with Gasteiger partial charge in [0, 0.05) is 0 Å².